The van der Waals surface area contributed by atoms with E-state index in [-0.39, 0.29) is 11.5 Å². The van der Waals surface area contributed by atoms with E-state index in [9.17, 15) is 4.79 Å². The van der Waals surface area contributed by atoms with Gasteiger partial charge in [0, 0.05) is 12.1 Å². The van der Waals surface area contributed by atoms with Crippen LogP contribution in [0.15, 0.2) is 60.3 Å². The number of nitrogens with zero attached hydrogens (tertiary/aromatic N) is 3. The molecule has 2 heterocycles. The van der Waals surface area contributed by atoms with Crippen molar-refractivity contribution in [2.45, 2.75) is 17.8 Å². The Morgan fingerprint density at radius 2 is 2.00 bits per heavy atom. The van der Waals surface area contributed by atoms with Gasteiger partial charge in [0.15, 0.2) is 34.4 Å². The molecule has 0 spiro atoms. The highest BCUT2D eigenvalue weighted by Gasteiger charge is 2.28. The highest BCUT2D eigenvalue weighted by molar-refractivity contribution is 7.99. The second kappa shape index (κ2) is 9.12. The first-order valence-electron chi connectivity index (χ1n) is 9.10. The number of benzene rings is 2. The van der Waals surface area contributed by atoms with Crippen molar-refractivity contribution in [3.8, 4) is 11.5 Å². The van der Waals surface area contributed by atoms with Crippen LogP contribution in [-0.4, -0.2) is 32.9 Å². The maximum absolute atomic E-state index is 12.6. The Balaban J connectivity index is 1.51. The van der Waals surface area contributed by atoms with Crippen molar-refractivity contribution in [2.24, 2.45) is 0 Å². The van der Waals surface area contributed by atoms with Crippen LogP contribution in [0.3, 0.4) is 0 Å². The van der Waals surface area contributed by atoms with Crippen LogP contribution in [0.4, 0.5) is 0 Å². The molecule has 0 N–H and O–H groups in total. The quantitative estimate of drug-likeness (QED) is 0.271. The summed E-state index contributed by atoms with van der Waals surface area (Å²) in [7, 11) is 0. The SMILES string of the molecule is C=CCn1c(SCC(=O)c2ccc(Cl)c(Cl)c2)nnc1C1COc2ccccc2O1. The van der Waals surface area contributed by atoms with Crippen LogP contribution in [0.5, 0.6) is 11.5 Å². The second-order valence-electron chi connectivity index (χ2n) is 6.45. The summed E-state index contributed by atoms with van der Waals surface area (Å²) in [4.78, 5) is 12.6. The van der Waals surface area contributed by atoms with Crippen molar-refractivity contribution in [2.75, 3.05) is 12.4 Å². The number of Topliss-reactive ketones (excluding diaryl/α,β-unsaturated/α-hetero) is 1. The molecule has 0 saturated carbocycles. The van der Waals surface area contributed by atoms with Crippen LogP contribution in [0.1, 0.15) is 22.3 Å². The molecular formula is C21H17Cl2N3O3S. The molecule has 1 atom stereocenters. The summed E-state index contributed by atoms with van der Waals surface area (Å²) in [5.74, 6) is 2.07. The Hall–Kier alpha value is -2.48. The Kier molecular flexibility index (Phi) is 6.32. The second-order valence-corrected chi connectivity index (χ2v) is 8.20. The molecule has 30 heavy (non-hydrogen) atoms. The fourth-order valence-corrected chi connectivity index (χ4v) is 4.12. The number of carbonyl (C=O) groups is 1. The van der Waals surface area contributed by atoms with Gasteiger partial charge in [-0.25, -0.2) is 0 Å². The topological polar surface area (TPSA) is 66.2 Å². The third-order valence-electron chi connectivity index (χ3n) is 4.43. The van der Waals surface area contributed by atoms with Crippen molar-refractivity contribution in [1.29, 1.82) is 0 Å². The van der Waals surface area contributed by atoms with Gasteiger partial charge in [0.2, 0.25) is 0 Å². The first-order chi connectivity index (χ1) is 14.6. The zero-order chi connectivity index (χ0) is 21.1. The predicted octanol–water partition coefficient (Wildman–Crippen LogP) is 5.26. The molecule has 1 aliphatic heterocycles. The molecule has 1 aliphatic rings. The van der Waals surface area contributed by atoms with Crippen molar-refractivity contribution in [1.82, 2.24) is 14.8 Å². The van der Waals surface area contributed by atoms with Crippen LogP contribution in [0.25, 0.3) is 0 Å². The van der Waals surface area contributed by atoms with Crippen molar-refractivity contribution in [3.05, 3.63) is 76.6 Å². The molecule has 9 heteroatoms. The lowest BCUT2D eigenvalue weighted by Crippen LogP contribution is -2.25. The van der Waals surface area contributed by atoms with Crippen LogP contribution < -0.4 is 9.47 Å². The smallest absolute Gasteiger partial charge is 0.192 e. The van der Waals surface area contributed by atoms with Gasteiger partial charge in [-0.2, -0.15) is 0 Å². The number of carbonyl (C=O) groups excluding carboxylic acids is 1. The zero-order valence-corrected chi connectivity index (χ0v) is 18.1. The minimum atomic E-state index is -0.410. The summed E-state index contributed by atoms with van der Waals surface area (Å²) in [6.07, 6.45) is 1.34. The number of ketones is 1. The van der Waals surface area contributed by atoms with Crippen LogP contribution in [0.2, 0.25) is 10.0 Å². The van der Waals surface area contributed by atoms with E-state index >= 15 is 0 Å². The van der Waals surface area contributed by atoms with E-state index in [2.05, 4.69) is 16.8 Å². The van der Waals surface area contributed by atoms with Gasteiger partial charge in [0.1, 0.15) is 6.61 Å². The molecular weight excluding hydrogens is 445 g/mol. The zero-order valence-electron chi connectivity index (χ0n) is 15.8. The van der Waals surface area contributed by atoms with E-state index in [1.165, 1.54) is 11.8 Å². The number of aromatic nitrogens is 3. The number of allylic oxidation sites excluding steroid dienone is 1. The number of rotatable bonds is 7. The summed E-state index contributed by atoms with van der Waals surface area (Å²) >= 11 is 13.2. The van der Waals surface area contributed by atoms with E-state index in [0.717, 1.165) is 0 Å². The Bertz CT molecular complexity index is 1100. The number of hydrogen-bond donors (Lipinski definition) is 0. The van der Waals surface area contributed by atoms with E-state index < -0.39 is 6.10 Å². The van der Waals surface area contributed by atoms with Crippen LogP contribution in [0, 0.1) is 0 Å². The van der Waals surface area contributed by atoms with Crippen LogP contribution in [-0.2, 0) is 6.54 Å². The summed E-state index contributed by atoms with van der Waals surface area (Å²) < 4.78 is 13.7. The number of thioether (sulfide) groups is 1. The van der Waals surface area contributed by atoms with Gasteiger partial charge in [0.05, 0.1) is 15.8 Å². The molecule has 3 aromatic rings. The lowest BCUT2D eigenvalue weighted by Gasteiger charge is -2.26. The fraction of sp³-hybridized carbons (Fsp3) is 0.190. The molecule has 6 nitrogen and oxygen atoms in total. The molecule has 4 rings (SSSR count). The molecule has 0 bridgehead atoms. The summed E-state index contributed by atoms with van der Waals surface area (Å²) in [5, 5.41) is 9.91. The average Bonchev–Trinajstić information content (AvgIpc) is 3.16. The Morgan fingerprint density at radius 3 is 2.77 bits per heavy atom. The minimum absolute atomic E-state index is 0.0838. The maximum Gasteiger partial charge on any atom is 0.192 e. The van der Waals surface area contributed by atoms with Crippen LogP contribution >= 0.6 is 35.0 Å². The van der Waals surface area contributed by atoms with E-state index in [0.29, 0.717) is 51.2 Å². The Labute approximate surface area is 187 Å². The largest absolute Gasteiger partial charge is 0.485 e. The molecule has 2 aromatic carbocycles. The van der Waals surface area contributed by atoms with Gasteiger partial charge in [-0.05, 0) is 30.3 Å². The first kappa shape index (κ1) is 20.8. The van der Waals surface area contributed by atoms with Crippen molar-refractivity contribution >= 4 is 40.7 Å². The van der Waals surface area contributed by atoms with E-state index in [4.69, 9.17) is 32.7 Å². The standard InChI is InChI=1S/C21H17Cl2N3O3S/c1-2-9-26-20(19-11-28-17-5-3-4-6-18(17)29-19)24-25-21(26)30-12-16(27)13-7-8-14(22)15(23)10-13/h2-8,10,19H,1,9,11-12H2. The Morgan fingerprint density at radius 1 is 1.20 bits per heavy atom. The lowest BCUT2D eigenvalue weighted by atomic mass is 10.1. The minimum Gasteiger partial charge on any atom is -0.485 e. The molecule has 0 aliphatic carbocycles. The number of hydrogen-bond acceptors (Lipinski definition) is 6. The molecule has 154 valence electrons. The third kappa shape index (κ3) is 4.33. The lowest BCUT2D eigenvalue weighted by molar-refractivity contribution is 0.0821. The molecule has 0 radical (unpaired) electrons. The highest BCUT2D eigenvalue weighted by Crippen LogP contribution is 2.36. The first-order valence-corrected chi connectivity index (χ1v) is 10.8. The van der Waals surface area contributed by atoms with Crippen molar-refractivity contribution < 1.29 is 14.3 Å². The van der Waals surface area contributed by atoms with Gasteiger partial charge in [-0.3, -0.25) is 9.36 Å². The van der Waals surface area contributed by atoms with Gasteiger partial charge >= 0.3 is 0 Å². The monoisotopic (exact) mass is 461 g/mol. The molecule has 0 fully saturated rings. The fourth-order valence-electron chi connectivity index (χ4n) is 2.98. The normalized spacial score (nSPS) is 15.1. The summed E-state index contributed by atoms with van der Waals surface area (Å²) in [5.41, 5.74) is 0.493. The number of fused-ring (bicyclic) bond motifs is 1. The molecule has 0 saturated heterocycles. The molecule has 1 unspecified atom stereocenters. The third-order valence-corrected chi connectivity index (χ3v) is 6.13. The van der Waals surface area contributed by atoms with E-state index in [1.54, 1.807) is 24.3 Å². The van der Waals surface area contributed by atoms with Gasteiger partial charge in [0.25, 0.3) is 0 Å². The number of halogens is 2. The molecule has 0 amide bonds. The predicted molar refractivity (Wildman–Crippen MR) is 117 cm³/mol. The number of ether oxygens (including phenoxy) is 2. The van der Waals surface area contributed by atoms with Crippen molar-refractivity contribution in [3.63, 3.8) is 0 Å². The van der Waals surface area contributed by atoms with Gasteiger partial charge in [-0.1, -0.05) is 53.2 Å². The van der Waals surface area contributed by atoms with Gasteiger partial charge in [-0.15, -0.1) is 16.8 Å². The molecule has 1 aromatic heterocycles. The summed E-state index contributed by atoms with van der Waals surface area (Å²) in [6, 6.07) is 12.3. The average molecular weight is 462 g/mol. The number of para-hydroxylation sites is 2. The maximum atomic E-state index is 12.6. The highest BCUT2D eigenvalue weighted by atomic mass is 35.5. The van der Waals surface area contributed by atoms with E-state index in [1.807, 2.05) is 28.8 Å². The summed E-state index contributed by atoms with van der Waals surface area (Å²) in [6.45, 7) is 4.61. The van der Waals surface area contributed by atoms with Gasteiger partial charge < -0.3 is 9.47 Å².